The van der Waals surface area contributed by atoms with E-state index in [1.54, 1.807) is 30.0 Å². The number of ether oxygens (including phenoxy) is 1. The lowest BCUT2D eigenvalue weighted by molar-refractivity contribution is 0.0366. The van der Waals surface area contributed by atoms with Crippen molar-refractivity contribution in [3.8, 4) is 5.75 Å². The molecule has 1 amide bonds. The fraction of sp³-hybridized carbons (Fsp3) is 0.435. The summed E-state index contributed by atoms with van der Waals surface area (Å²) in [6.45, 7) is 4.54. The quantitative estimate of drug-likeness (QED) is 0.612. The molecule has 0 unspecified atom stereocenters. The third kappa shape index (κ3) is 5.78. The molecule has 3 rings (SSSR count). The fourth-order valence-corrected chi connectivity index (χ4v) is 4.91. The zero-order valence-electron chi connectivity index (χ0n) is 19.2. The smallest absolute Gasteiger partial charge is 0.262 e. The molecule has 2 aromatic carbocycles. The van der Waals surface area contributed by atoms with Crippen molar-refractivity contribution < 1.29 is 23.1 Å². The molecule has 0 radical (unpaired) electrons. The van der Waals surface area contributed by atoms with Crippen molar-refractivity contribution in [2.75, 3.05) is 38.5 Å². The number of hydrogen-bond donors (Lipinski definition) is 2. The van der Waals surface area contributed by atoms with Gasteiger partial charge in [-0.15, -0.1) is 0 Å². The second-order valence-electron chi connectivity index (χ2n) is 8.63. The number of nitrogens with zero attached hydrogens (tertiary/aromatic N) is 2. The molecule has 0 aliphatic carbocycles. The summed E-state index contributed by atoms with van der Waals surface area (Å²) in [7, 11) is -0.113. The van der Waals surface area contributed by atoms with E-state index in [0.717, 1.165) is 0 Å². The third-order valence-corrected chi connectivity index (χ3v) is 7.24. The maximum atomic E-state index is 13.4. The number of carbonyl (C=O) groups excluding carboxylic acids is 1. The number of hydrogen-bond acceptors (Lipinski definition) is 6. The number of para-hydroxylation sites is 1. The molecule has 3 atom stereocenters. The van der Waals surface area contributed by atoms with Gasteiger partial charge in [0.2, 0.25) is 0 Å². The van der Waals surface area contributed by atoms with E-state index in [4.69, 9.17) is 16.3 Å². The summed E-state index contributed by atoms with van der Waals surface area (Å²) in [6, 6.07) is 10.2. The van der Waals surface area contributed by atoms with E-state index >= 15 is 0 Å². The van der Waals surface area contributed by atoms with Crippen molar-refractivity contribution in [3.05, 3.63) is 53.1 Å². The molecule has 1 aliphatic rings. The Kier molecular flexibility index (Phi) is 7.89. The molecule has 1 heterocycles. The minimum absolute atomic E-state index is 0.0374. The number of fused-ring (bicyclic) bond motifs is 1. The minimum Gasteiger partial charge on any atom is -0.486 e. The Bertz CT molecular complexity index is 1090. The number of anilines is 1. The normalized spacial score (nSPS) is 20.0. The number of likely N-dealkylation sites (N-methyl/N-ethyl adjacent to an activating group) is 1. The molecule has 0 saturated carbocycles. The maximum Gasteiger partial charge on any atom is 0.262 e. The average molecular weight is 496 g/mol. The predicted molar refractivity (Wildman–Crippen MR) is 128 cm³/mol. The Hall–Kier alpha value is -2.33. The molecule has 0 aromatic heterocycles. The molecule has 2 aromatic rings. The number of nitrogens with one attached hydrogen (secondary N) is 1. The molecular formula is C23H30ClN3O5S. The number of amides is 1. The summed E-state index contributed by atoms with van der Waals surface area (Å²) in [5.74, 6) is -0.220. The predicted octanol–water partition coefficient (Wildman–Crippen LogP) is 2.92. The molecule has 0 saturated heterocycles. The first-order valence-electron chi connectivity index (χ1n) is 10.7. The third-order valence-electron chi connectivity index (χ3n) is 5.60. The van der Waals surface area contributed by atoms with Crippen molar-refractivity contribution in [2.24, 2.45) is 5.92 Å². The molecule has 10 heteroatoms. The highest BCUT2D eigenvalue weighted by molar-refractivity contribution is 7.92. The van der Waals surface area contributed by atoms with Gasteiger partial charge in [-0.05, 0) is 57.4 Å². The Morgan fingerprint density at radius 2 is 1.91 bits per heavy atom. The van der Waals surface area contributed by atoms with E-state index in [9.17, 15) is 18.3 Å². The molecule has 2 N–H and O–H groups in total. The topological polar surface area (TPSA) is 99.2 Å². The van der Waals surface area contributed by atoms with E-state index in [1.807, 2.05) is 25.9 Å². The summed E-state index contributed by atoms with van der Waals surface area (Å²) in [4.78, 5) is 17.1. The first kappa shape index (κ1) is 25.3. The average Bonchev–Trinajstić information content (AvgIpc) is 2.76. The summed E-state index contributed by atoms with van der Waals surface area (Å²) < 4.78 is 35.0. The molecule has 33 heavy (non-hydrogen) atoms. The van der Waals surface area contributed by atoms with Gasteiger partial charge in [-0.2, -0.15) is 0 Å². The van der Waals surface area contributed by atoms with Crippen LogP contribution in [0.1, 0.15) is 24.2 Å². The Morgan fingerprint density at radius 1 is 1.24 bits per heavy atom. The van der Waals surface area contributed by atoms with E-state index in [1.165, 1.54) is 24.3 Å². The number of halogens is 1. The van der Waals surface area contributed by atoms with E-state index < -0.39 is 16.1 Å². The van der Waals surface area contributed by atoms with Crippen LogP contribution in [-0.2, 0) is 10.0 Å². The van der Waals surface area contributed by atoms with Crippen LogP contribution < -0.4 is 9.46 Å². The molecule has 0 bridgehead atoms. The largest absolute Gasteiger partial charge is 0.486 e. The van der Waals surface area contributed by atoms with E-state index in [2.05, 4.69) is 4.72 Å². The van der Waals surface area contributed by atoms with Crippen LogP contribution in [0.3, 0.4) is 0 Å². The first-order chi connectivity index (χ1) is 15.5. The standard InChI is InChI=1S/C23H30ClN3O5S/c1-15-12-27(16(2)14-28)23(29)19-6-5-7-20(22(19)32-21(15)13-26(3)4)25-33(30,31)18-10-8-17(24)9-11-18/h5-11,15-16,21,25,28H,12-14H2,1-4H3/t15-,16+,21-/m1/s1. The minimum atomic E-state index is -3.95. The van der Waals surface area contributed by atoms with Gasteiger partial charge in [0.15, 0.2) is 5.75 Å². The molecule has 0 fully saturated rings. The summed E-state index contributed by atoms with van der Waals surface area (Å²) in [5, 5.41) is 10.2. The molecule has 0 spiro atoms. The van der Waals surface area contributed by atoms with Gasteiger partial charge >= 0.3 is 0 Å². The van der Waals surface area contributed by atoms with Crippen LogP contribution in [0.4, 0.5) is 5.69 Å². The monoisotopic (exact) mass is 495 g/mol. The molecule has 8 nitrogen and oxygen atoms in total. The fourth-order valence-electron chi connectivity index (χ4n) is 3.72. The summed E-state index contributed by atoms with van der Waals surface area (Å²) in [6.07, 6.45) is -0.318. The lowest BCUT2D eigenvalue weighted by Gasteiger charge is -2.38. The van der Waals surface area contributed by atoms with Crippen LogP contribution in [0.2, 0.25) is 5.02 Å². The number of benzene rings is 2. The summed E-state index contributed by atoms with van der Waals surface area (Å²) in [5.41, 5.74) is 0.410. The number of aliphatic hydroxyl groups is 1. The highest BCUT2D eigenvalue weighted by Gasteiger charge is 2.34. The van der Waals surface area contributed by atoms with Crippen molar-refractivity contribution >= 4 is 33.2 Å². The zero-order valence-corrected chi connectivity index (χ0v) is 20.7. The second-order valence-corrected chi connectivity index (χ2v) is 10.7. The molecule has 1 aliphatic heterocycles. The van der Waals surface area contributed by atoms with Crippen LogP contribution >= 0.6 is 11.6 Å². The van der Waals surface area contributed by atoms with Gasteiger partial charge in [0.1, 0.15) is 6.10 Å². The van der Waals surface area contributed by atoms with Gasteiger partial charge in [-0.25, -0.2) is 8.42 Å². The van der Waals surface area contributed by atoms with Gasteiger partial charge in [-0.1, -0.05) is 24.6 Å². The van der Waals surface area contributed by atoms with Crippen LogP contribution in [0.5, 0.6) is 5.75 Å². The Balaban J connectivity index is 2.09. The SMILES string of the molecule is C[C@@H]1CN([C@@H](C)CO)C(=O)c2cccc(NS(=O)(=O)c3ccc(Cl)cc3)c2O[C@@H]1CN(C)C. The highest BCUT2D eigenvalue weighted by Crippen LogP contribution is 2.36. The van der Waals surface area contributed by atoms with Gasteiger partial charge in [0.05, 0.1) is 28.8 Å². The van der Waals surface area contributed by atoms with E-state index in [-0.39, 0.29) is 46.4 Å². The van der Waals surface area contributed by atoms with Gasteiger partial charge < -0.3 is 19.6 Å². The lowest BCUT2D eigenvalue weighted by Crippen LogP contribution is -2.49. The van der Waals surface area contributed by atoms with E-state index in [0.29, 0.717) is 18.1 Å². The number of rotatable bonds is 7. The van der Waals surface area contributed by atoms with Crippen molar-refractivity contribution in [1.82, 2.24) is 9.80 Å². The van der Waals surface area contributed by atoms with Crippen molar-refractivity contribution in [3.63, 3.8) is 0 Å². The Labute approximate surface area is 200 Å². The first-order valence-corrected chi connectivity index (χ1v) is 12.5. The number of aliphatic hydroxyl groups excluding tert-OH is 1. The van der Waals surface area contributed by atoms with Crippen LogP contribution in [0, 0.1) is 5.92 Å². The highest BCUT2D eigenvalue weighted by atomic mass is 35.5. The van der Waals surface area contributed by atoms with Crippen LogP contribution in [-0.4, -0.2) is 75.2 Å². The van der Waals surface area contributed by atoms with Crippen LogP contribution in [0.25, 0.3) is 0 Å². The lowest BCUT2D eigenvalue weighted by atomic mass is 9.99. The van der Waals surface area contributed by atoms with Gasteiger partial charge in [0.25, 0.3) is 15.9 Å². The van der Waals surface area contributed by atoms with Crippen LogP contribution in [0.15, 0.2) is 47.4 Å². The second kappa shape index (κ2) is 10.3. The number of sulfonamides is 1. The summed E-state index contributed by atoms with van der Waals surface area (Å²) >= 11 is 5.89. The molecule has 180 valence electrons. The van der Waals surface area contributed by atoms with Gasteiger partial charge in [-0.3, -0.25) is 9.52 Å². The number of carbonyl (C=O) groups is 1. The zero-order chi connectivity index (χ0) is 24.3. The van der Waals surface area contributed by atoms with Gasteiger partial charge in [0, 0.05) is 24.0 Å². The maximum absolute atomic E-state index is 13.4. The van der Waals surface area contributed by atoms with Crippen molar-refractivity contribution in [2.45, 2.75) is 30.9 Å². The molecular weight excluding hydrogens is 466 g/mol. The Morgan fingerprint density at radius 3 is 2.52 bits per heavy atom. The van der Waals surface area contributed by atoms with Crippen molar-refractivity contribution in [1.29, 1.82) is 0 Å².